The Hall–Kier alpha value is -2.82. The van der Waals surface area contributed by atoms with E-state index < -0.39 is 12.6 Å². The Labute approximate surface area is 141 Å². The second kappa shape index (κ2) is 7.17. The molecule has 0 aromatic heterocycles. The fraction of sp³-hybridized carbons (Fsp3) is 0.263. The molecular formula is C19H20NO4-. The van der Waals surface area contributed by atoms with Crippen LogP contribution in [0.2, 0.25) is 0 Å². The lowest BCUT2D eigenvalue weighted by molar-refractivity contribution is -0.307. The third-order valence-electron chi connectivity index (χ3n) is 3.48. The van der Waals surface area contributed by atoms with Crippen LogP contribution in [0.5, 0.6) is 5.75 Å². The van der Waals surface area contributed by atoms with Crippen LogP contribution < -0.4 is 15.2 Å². The van der Waals surface area contributed by atoms with E-state index >= 15 is 0 Å². The molecule has 1 N–H and O–H groups in total. The van der Waals surface area contributed by atoms with Gasteiger partial charge in [0.1, 0.15) is 12.4 Å². The number of amides is 1. The molecule has 2 aromatic rings. The number of carboxylic acid groups (broad SMARTS) is 1. The van der Waals surface area contributed by atoms with E-state index in [0.29, 0.717) is 17.0 Å². The smallest absolute Gasteiger partial charge is 0.255 e. The number of aliphatic carboxylic acids is 1. The molecule has 0 spiro atoms. The first-order valence-corrected chi connectivity index (χ1v) is 7.60. The molecule has 0 fully saturated rings. The van der Waals surface area contributed by atoms with Gasteiger partial charge in [0.15, 0.2) is 0 Å². The zero-order chi connectivity index (χ0) is 17.7. The summed E-state index contributed by atoms with van der Waals surface area (Å²) in [5.74, 6) is -1.10. The minimum atomic E-state index is -1.29. The lowest BCUT2D eigenvalue weighted by Gasteiger charge is -2.19. The highest BCUT2D eigenvalue weighted by Gasteiger charge is 2.14. The molecule has 0 unspecified atom stereocenters. The molecule has 5 nitrogen and oxygen atoms in total. The van der Waals surface area contributed by atoms with Gasteiger partial charge in [-0.3, -0.25) is 4.79 Å². The SMILES string of the molecule is CC(C)(C)c1ccc(C(=O)Nc2ccc(OCC(=O)[O-])cc2)cc1. The molecule has 2 aromatic carbocycles. The molecule has 0 aliphatic carbocycles. The number of nitrogens with one attached hydrogen (secondary N) is 1. The lowest BCUT2D eigenvalue weighted by Crippen LogP contribution is -2.28. The summed E-state index contributed by atoms with van der Waals surface area (Å²) in [5, 5.41) is 13.1. The maximum absolute atomic E-state index is 12.2. The van der Waals surface area contributed by atoms with Crippen LogP contribution >= 0.6 is 0 Å². The molecule has 0 saturated carbocycles. The summed E-state index contributed by atoms with van der Waals surface area (Å²) in [5.41, 5.74) is 2.37. The lowest BCUT2D eigenvalue weighted by atomic mass is 9.87. The normalized spacial score (nSPS) is 11.0. The molecule has 0 atom stereocenters. The Morgan fingerprint density at radius 3 is 2.08 bits per heavy atom. The molecular weight excluding hydrogens is 306 g/mol. The average molecular weight is 326 g/mol. The Bertz CT molecular complexity index is 713. The standard InChI is InChI=1S/C19H21NO4/c1-19(2,3)14-6-4-13(5-7-14)18(23)20-15-8-10-16(11-9-15)24-12-17(21)22/h4-11H,12H2,1-3H3,(H,20,23)(H,21,22)/p-1. The molecule has 24 heavy (non-hydrogen) atoms. The summed E-state index contributed by atoms with van der Waals surface area (Å²) < 4.78 is 4.98. The number of carboxylic acids is 1. The van der Waals surface area contributed by atoms with Crippen LogP contribution in [0.15, 0.2) is 48.5 Å². The number of benzene rings is 2. The van der Waals surface area contributed by atoms with E-state index in [2.05, 4.69) is 26.1 Å². The van der Waals surface area contributed by atoms with Crippen LogP contribution in [-0.2, 0) is 10.2 Å². The van der Waals surface area contributed by atoms with Gasteiger partial charge in [-0.25, -0.2) is 0 Å². The third-order valence-corrected chi connectivity index (χ3v) is 3.48. The van der Waals surface area contributed by atoms with Gasteiger partial charge in [-0.15, -0.1) is 0 Å². The summed E-state index contributed by atoms with van der Waals surface area (Å²) in [6.07, 6.45) is 0. The number of ether oxygens (including phenoxy) is 1. The number of carbonyl (C=O) groups excluding carboxylic acids is 2. The second-order valence-corrected chi connectivity index (χ2v) is 6.47. The van der Waals surface area contributed by atoms with Gasteiger partial charge in [0.05, 0.1) is 5.97 Å². The number of anilines is 1. The average Bonchev–Trinajstić information content (AvgIpc) is 2.53. The fourth-order valence-electron chi connectivity index (χ4n) is 2.10. The summed E-state index contributed by atoms with van der Waals surface area (Å²) in [7, 11) is 0. The molecule has 0 bridgehead atoms. The van der Waals surface area contributed by atoms with E-state index in [1.165, 1.54) is 0 Å². The molecule has 0 saturated heterocycles. The Balaban J connectivity index is 2.00. The van der Waals surface area contributed by atoms with Crippen molar-refractivity contribution in [1.82, 2.24) is 0 Å². The summed E-state index contributed by atoms with van der Waals surface area (Å²) >= 11 is 0. The molecule has 5 heteroatoms. The molecule has 0 aliphatic heterocycles. The summed E-state index contributed by atoms with van der Waals surface area (Å²) in [4.78, 5) is 22.6. The van der Waals surface area contributed by atoms with Crippen molar-refractivity contribution in [2.75, 3.05) is 11.9 Å². The largest absolute Gasteiger partial charge is 0.546 e. The first-order valence-electron chi connectivity index (χ1n) is 7.60. The topological polar surface area (TPSA) is 78.5 Å². The highest BCUT2D eigenvalue weighted by Crippen LogP contribution is 2.22. The first-order chi connectivity index (χ1) is 11.3. The van der Waals surface area contributed by atoms with Gasteiger partial charge in [0.25, 0.3) is 5.91 Å². The van der Waals surface area contributed by atoms with Crippen molar-refractivity contribution >= 4 is 17.6 Å². The van der Waals surface area contributed by atoms with Gasteiger partial charge in [-0.05, 0) is 47.4 Å². The van der Waals surface area contributed by atoms with Gasteiger partial charge >= 0.3 is 0 Å². The molecule has 0 radical (unpaired) electrons. The number of hydrogen-bond acceptors (Lipinski definition) is 4. The second-order valence-electron chi connectivity index (χ2n) is 6.47. The quantitative estimate of drug-likeness (QED) is 0.915. The molecule has 2 rings (SSSR count). The minimum absolute atomic E-state index is 0.0380. The fourth-order valence-corrected chi connectivity index (χ4v) is 2.10. The van der Waals surface area contributed by atoms with Gasteiger partial charge in [0, 0.05) is 11.3 Å². The highest BCUT2D eigenvalue weighted by molar-refractivity contribution is 6.04. The van der Waals surface area contributed by atoms with E-state index in [-0.39, 0.29) is 11.3 Å². The minimum Gasteiger partial charge on any atom is -0.546 e. The van der Waals surface area contributed by atoms with Crippen molar-refractivity contribution in [1.29, 1.82) is 0 Å². The first kappa shape index (κ1) is 17.5. The maximum Gasteiger partial charge on any atom is 0.255 e. The number of carbonyl (C=O) groups is 2. The van der Waals surface area contributed by atoms with Gasteiger partial charge in [-0.1, -0.05) is 32.9 Å². The van der Waals surface area contributed by atoms with E-state index in [4.69, 9.17) is 4.74 Å². The number of hydrogen-bond donors (Lipinski definition) is 1. The molecule has 126 valence electrons. The van der Waals surface area contributed by atoms with E-state index in [1.54, 1.807) is 36.4 Å². The van der Waals surface area contributed by atoms with E-state index in [9.17, 15) is 14.7 Å². The maximum atomic E-state index is 12.2. The molecule has 0 heterocycles. The summed E-state index contributed by atoms with van der Waals surface area (Å²) in [6, 6.07) is 14.0. The van der Waals surface area contributed by atoms with Crippen LogP contribution in [-0.4, -0.2) is 18.5 Å². The monoisotopic (exact) mass is 326 g/mol. The predicted molar refractivity (Wildman–Crippen MR) is 90.0 cm³/mol. The molecule has 0 aliphatic rings. The van der Waals surface area contributed by atoms with E-state index in [1.807, 2.05) is 12.1 Å². The van der Waals surface area contributed by atoms with Crippen LogP contribution in [0.4, 0.5) is 5.69 Å². The Morgan fingerprint density at radius 2 is 1.58 bits per heavy atom. The van der Waals surface area contributed by atoms with Crippen LogP contribution in [0.25, 0.3) is 0 Å². The zero-order valence-electron chi connectivity index (χ0n) is 14.0. The molecule has 1 amide bonds. The van der Waals surface area contributed by atoms with Gasteiger partial charge < -0.3 is 20.0 Å². The van der Waals surface area contributed by atoms with Crippen LogP contribution in [0.1, 0.15) is 36.7 Å². The van der Waals surface area contributed by atoms with Crippen molar-refractivity contribution in [2.45, 2.75) is 26.2 Å². The highest BCUT2D eigenvalue weighted by atomic mass is 16.5. The third kappa shape index (κ3) is 4.84. The Morgan fingerprint density at radius 1 is 1.00 bits per heavy atom. The summed E-state index contributed by atoms with van der Waals surface area (Å²) in [6.45, 7) is 5.84. The number of rotatable bonds is 5. The van der Waals surface area contributed by atoms with Crippen molar-refractivity contribution in [2.24, 2.45) is 0 Å². The Kier molecular flexibility index (Phi) is 5.24. The van der Waals surface area contributed by atoms with Gasteiger partial charge in [-0.2, -0.15) is 0 Å². The van der Waals surface area contributed by atoms with Crippen LogP contribution in [0, 0.1) is 0 Å². The van der Waals surface area contributed by atoms with E-state index in [0.717, 1.165) is 5.56 Å². The van der Waals surface area contributed by atoms with Crippen molar-refractivity contribution < 1.29 is 19.4 Å². The zero-order valence-corrected chi connectivity index (χ0v) is 14.0. The van der Waals surface area contributed by atoms with Gasteiger partial charge in [0.2, 0.25) is 0 Å². The van der Waals surface area contributed by atoms with Crippen molar-refractivity contribution in [3.05, 3.63) is 59.7 Å². The predicted octanol–water partition coefficient (Wildman–Crippen LogP) is 2.37. The van der Waals surface area contributed by atoms with Crippen molar-refractivity contribution in [3.63, 3.8) is 0 Å². The van der Waals surface area contributed by atoms with Crippen molar-refractivity contribution in [3.8, 4) is 5.75 Å². The van der Waals surface area contributed by atoms with Crippen LogP contribution in [0.3, 0.4) is 0 Å².